The molecular weight excluding hydrogens is 272 g/mol. The van der Waals surface area contributed by atoms with Gasteiger partial charge in [0.1, 0.15) is 8.07 Å². The fourth-order valence-corrected chi connectivity index (χ4v) is 1.84. The van der Waals surface area contributed by atoms with Gasteiger partial charge in [-0.2, -0.15) is 0 Å². The molecule has 112 valence electrons. The predicted molar refractivity (Wildman–Crippen MR) is 81.7 cm³/mol. The Morgan fingerprint density at radius 2 is 1.85 bits per heavy atom. The summed E-state index contributed by atoms with van der Waals surface area (Å²) in [6.45, 7) is 11.5. The van der Waals surface area contributed by atoms with Gasteiger partial charge in [0.05, 0.1) is 6.61 Å². The second-order valence-electron chi connectivity index (χ2n) is 5.46. The molecule has 0 aliphatic rings. The van der Waals surface area contributed by atoms with Gasteiger partial charge in [0.25, 0.3) is 0 Å². The van der Waals surface area contributed by atoms with Crippen molar-refractivity contribution in [2.45, 2.75) is 52.9 Å². The first kappa shape index (κ1) is 18.5. The van der Waals surface area contributed by atoms with Crippen LogP contribution in [0.15, 0.2) is 11.6 Å². The first-order valence-electron chi connectivity index (χ1n) is 6.69. The van der Waals surface area contributed by atoms with E-state index in [1.54, 1.807) is 19.9 Å². The Labute approximate surface area is 122 Å². The van der Waals surface area contributed by atoms with Crippen LogP contribution in [-0.4, -0.2) is 32.7 Å². The van der Waals surface area contributed by atoms with Crippen LogP contribution in [0.2, 0.25) is 19.6 Å². The Morgan fingerprint density at radius 1 is 1.25 bits per heavy atom. The zero-order valence-corrected chi connectivity index (χ0v) is 14.2. The smallest absolute Gasteiger partial charge is 0.333 e. The SMILES string of the molecule is CCOC(=O)/C(C)=C/C[C@H](C#C[Si](C)(C)C)OC(C)=O. The molecule has 0 N–H and O–H groups in total. The van der Waals surface area contributed by atoms with E-state index >= 15 is 0 Å². The van der Waals surface area contributed by atoms with Crippen LogP contribution in [-0.2, 0) is 19.1 Å². The summed E-state index contributed by atoms with van der Waals surface area (Å²) in [6.07, 6.45) is 1.58. The molecule has 0 spiro atoms. The molecule has 1 atom stereocenters. The summed E-state index contributed by atoms with van der Waals surface area (Å²) < 4.78 is 10.0. The van der Waals surface area contributed by atoms with Gasteiger partial charge in [0.15, 0.2) is 6.10 Å². The molecule has 0 aliphatic carbocycles. The van der Waals surface area contributed by atoms with Crippen molar-refractivity contribution < 1.29 is 19.1 Å². The number of rotatable bonds is 5. The van der Waals surface area contributed by atoms with E-state index in [1.807, 2.05) is 0 Å². The monoisotopic (exact) mass is 296 g/mol. The third kappa shape index (κ3) is 9.40. The third-order valence-corrected chi connectivity index (χ3v) is 3.05. The standard InChI is InChI=1S/C15H24O4Si/c1-7-18-15(17)12(2)8-9-14(19-13(3)16)10-11-20(4,5)6/h8,14H,7,9H2,1-6H3/b12-8+/t14-/m1/s1. The van der Waals surface area contributed by atoms with Crippen LogP contribution in [0.1, 0.15) is 27.2 Å². The highest BCUT2D eigenvalue weighted by molar-refractivity contribution is 6.83. The number of ether oxygens (including phenoxy) is 2. The summed E-state index contributed by atoms with van der Waals surface area (Å²) in [5.41, 5.74) is 3.67. The number of carbonyl (C=O) groups excluding carboxylic acids is 2. The van der Waals surface area contributed by atoms with E-state index in [9.17, 15) is 9.59 Å². The molecule has 0 unspecified atom stereocenters. The number of carbonyl (C=O) groups is 2. The Balaban J connectivity index is 4.81. The van der Waals surface area contributed by atoms with E-state index in [0.717, 1.165) is 0 Å². The molecule has 0 radical (unpaired) electrons. The molecule has 0 aromatic heterocycles. The number of hydrogen-bond acceptors (Lipinski definition) is 4. The lowest BCUT2D eigenvalue weighted by Crippen LogP contribution is -2.20. The predicted octanol–water partition coefficient (Wildman–Crippen LogP) is 2.70. The lowest BCUT2D eigenvalue weighted by molar-refractivity contribution is -0.143. The van der Waals surface area contributed by atoms with E-state index in [1.165, 1.54) is 6.92 Å². The van der Waals surface area contributed by atoms with E-state index in [4.69, 9.17) is 9.47 Å². The third-order valence-electron chi connectivity index (χ3n) is 2.15. The van der Waals surface area contributed by atoms with Crippen LogP contribution < -0.4 is 0 Å². The van der Waals surface area contributed by atoms with Gasteiger partial charge in [-0.25, -0.2) is 4.79 Å². The van der Waals surface area contributed by atoms with E-state index in [-0.39, 0.29) is 11.9 Å². The van der Waals surface area contributed by atoms with Gasteiger partial charge < -0.3 is 9.47 Å². The zero-order chi connectivity index (χ0) is 15.8. The highest BCUT2D eigenvalue weighted by Gasteiger charge is 2.12. The normalized spacial score (nSPS) is 13.0. The van der Waals surface area contributed by atoms with Crippen molar-refractivity contribution in [3.8, 4) is 11.5 Å². The van der Waals surface area contributed by atoms with Crippen molar-refractivity contribution in [2.24, 2.45) is 0 Å². The maximum Gasteiger partial charge on any atom is 0.333 e. The van der Waals surface area contributed by atoms with Gasteiger partial charge in [-0.05, 0) is 13.8 Å². The summed E-state index contributed by atoms with van der Waals surface area (Å²) in [7, 11) is -1.53. The van der Waals surface area contributed by atoms with Crippen LogP contribution in [0.25, 0.3) is 0 Å². The first-order valence-corrected chi connectivity index (χ1v) is 10.2. The average Bonchev–Trinajstić information content (AvgIpc) is 2.31. The van der Waals surface area contributed by atoms with E-state index in [0.29, 0.717) is 18.6 Å². The van der Waals surface area contributed by atoms with Crippen LogP contribution in [0.3, 0.4) is 0 Å². The van der Waals surface area contributed by atoms with Crippen molar-refractivity contribution in [3.63, 3.8) is 0 Å². The summed E-state index contributed by atoms with van der Waals surface area (Å²) in [5, 5.41) is 0. The summed E-state index contributed by atoms with van der Waals surface area (Å²) in [4.78, 5) is 22.5. The first-order chi connectivity index (χ1) is 9.15. The molecule has 4 nitrogen and oxygen atoms in total. The maximum atomic E-state index is 11.5. The van der Waals surface area contributed by atoms with Crippen LogP contribution in [0.4, 0.5) is 0 Å². The van der Waals surface area contributed by atoms with Crippen molar-refractivity contribution in [1.29, 1.82) is 0 Å². The van der Waals surface area contributed by atoms with Crippen molar-refractivity contribution in [1.82, 2.24) is 0 Å². The van der Waals surface area contributed by atoms with Gasteiger partial charge in [0, 0.05) is 18.9 Å². The molecule has 0 saturated carbocycles. The van der Waals surface area contributed by atoms with Crippen molar-refractivity contribution >= 4 is 20.0 Å². The quantitative estimate of drug-likeness (QED) is 0.339. The molecule has 0 heterocycles. The lowest BCUT2D eigenvalue weighted by atomic mass is 10.2. The highest BCUT2D eigenvalue weighted by Crippen LogP contribution is 2.06. The Hall–Kier alpha value is -1.54. The minimum absolute atomic E-state index is 0.340. The number of hydrogen-bond donors (Lipinski definition) is 0. The largest absolute Gasteiger partial charge is 0.463 e. The summed E-state index contributed by atoms with van der Waals surface area (Å²) in [5.74, 6) is 2.26. The highest BCUT2D eigenvalue weighted by atomic mass is 28.3. The summed E-state index contributed by atoms with van der Waals surface area (Å²) in [6, 6.07) is 0. The molecule has 20 heavy (non-hydrogen) atoms. The molecule has 0 amide bonds. The van der Waals surface area contributed by atoms with Crippen LogP contribution in [0, 0.1) is 11.5 Å². The van der Waals surface area contributed by atoms with Crippen LogP contribution >= 0.6 is 0 Å². The molecule has 0 fully saturated rings. The Morgan fingerprint density at radius 3 is 2.30 bits per heavy atom. The van der Waals surface area contributed by atoms with E-state index in [2.05, 4.69) is 31.1 Å². The zero-order valence-electron chi connectivity index (χ0n) is 13.2. The molecule has 0 aromatic carbocycles. The molecule has 0 rings (SSSR count). The van der Waals surface area contributed by atoms with Crippen molar-refractivity contribution in [2.75, 3.05) is 6.61 Å². The van der Waals surface area contributed by atoms with Gasteiger partial charge in [-0.15, -0.1) is 5.54 Å². The van der Waals surface area contributed by atoms with Gasteiger partial charge in [-0.3, -0.25) is 4.79 Å². The molecule has 0 aromatic rings. The minimum atomic E-state index is -1.53. The van der Waals surface area contributed by atoms with Gasteiger partial charge in [0.2, 0.25) is 0 Å². The maximum absolute atomic E-state index is 11.5. The lowest BCUT2D eigenvalue weighted by Gasteiger charge is -2.11. The second-order valence-corrected chi connectivity index (χ2v) is 10.2. The topological polar surface area (TPSA) is 52.6 Å². The second kappa shape index (κ2) is 8.59. The van der Waals surface area contributed by atoms with Crippen LogP contribution in [0.5, 0.6) is 0 Å². The Bertz CT molecular complexity index is 435. The molecule has 0 aliphatic heterocycles. The molecule has 5 heteroatoms. The fraction of sp³-hybridized carbons (Fsp3) is 0.600. The van der Waals surface area contributed by atoms with E-state index < -0.39 is 14.2 Å². The number of esters is 2. The molecule has 0 bridgehead atoms. The van der Waals surface area contributed by atoms with Gasteiger partial charge >= 0.3 is 11.9 Å². The Kier molecular flexibility index (Phi) is 7.93. The average molecular weight is 296 g/mol. The fourth-order valence-electron chi connectivity index (χ4n) is 1.25. The van der Waals surface area contributed by atoms with Gasteiger partial charge in [-0.1, -0.05) is 31.6 Å². The molecule has 0 saturated heterocycles. The molecular formula is C15H24O4Si. The van der Waals surface area contributed by atoms with Crippen molar-refractivity contribution in [3.05, 3.63) is 11.6 Å². The summed E-state index contributed by atoms with van der Waals surface area (Å²) >= 11 is 0. The minimum Gasteiger partial charge on any atom is -0.463 e.